The minimum atomic E-state index is -1.10. The van der Waals surface area contributed by atoms with Gasteiger partial charge in [0.15, 0.2) is 0 Å². The van der Waals surface area contributed by atoms with Crippen molar-refractivity contribution in [3.8, 4) is 5.75 Å². The maximum Gasteiger partial charge on any atom is 0.326 e. The normalized spacial score (nSPS) is 19.0. The largest absolute Gasteiger partial charge is 0.508 e. The van der Waals surface area contributed by atoms with Crippen LogP contribution in [0.5, 0.6) is 5.75 Å². The van der Waals surface area contributed by atoms with E-state index in [0.717, 1.165) is 11.1 Å². The molecule has 2 aliphatic rings. The lowest BCUT2D eigenvalue weighted by Crippen LogP contribution is -2.58. The zero-order chi connectivity index (χ0) is 36.4. The van der Waals surface area contributed by atoms with Crippen LogP contribution in [-0.4, -0.2) is 105 Å². The van der Waals surface area contributed by atoms with Gasteiger partial charge < -0.3 is 41.7 Å². The second-order valence-electron chi connectivity index (χ2n) is 13.4. The van der Waals surface area contributed by atoms with E-state index < -0.39 is 65.7 Å². The van der Waals surface area contributed by atoms with Gasteiger partial charge >= 0.3 is 5.97 Å². The molecule has 5 unspecified atom stereocenters. The number of hydrogen-bond donors (Lipinski definition) is 6. The van der Waals surface area contributed by atoms with Gasteiger partial charge in [0, 0.05) is 19.5 Å². The Kier molecular flexibility index (Phi) is 13.3. The molecule has 2 aromatic rings. The van der Waals surface area contributed by atoms with Crippen molar-refractivity contribution in [2.75, 3.05) is 19.6 Å². The third-order valence-electron chi connectivity index (χ3n) is 9.08. The fourth-order valence-corrected chi connectivity index (χ4v) is 6.49. The molecule has 14 heteroatoms. The highest BCUT2D eigenvalue weighted by Gasteiger charge is 2.40. The summed E-state index contributed by atoms with van der Waals surface area (Å²) >= 11 is 0. The van der Waals surface area contributed by atoms with E-state index in [4.69, 9.17) is 5.73 Å². The molecule has 2 aliphatic heterocycles. The fraction of sp³-hybridized carbons (Fsp3) is 0.500. The van der Waals surface area contributed by atoms with Crippen LogP contribution in [0.3, 0.4) is 0 Å². The van der Waals surface area contributed by atoms with Crippen LogP contribution in [-0.2, 0) is 41.6 Å². The first-order valence-electron chi connectivity index (χ1n) is 17.1. The summed E-state index contributed by atoms with van der Waals surface area (Å²) in [4.78, 5) is 81.5. The maximum atomic E-state index is 13.8. The number of carboxylic acids is 1. The van der Waals surface area contributed by atoms with Gasteiger partial charge in [0.1, 0.15) is 29.9 Å². The summed E-state index contributed by atoms with van der Waals surface area (Å²) < 4.78 is 0. The van der Waals surface area contributed by atoms with Gasteiger partial charge in [0.2, 0.25) is 29.5 Å². The second kappa shape index (κ2) is 17.6. The first-order chi connectivity index (χ1) is 23.8. The zero-order valence-corrected chi connectivity index (χ0v) is 28.5. The number of phenolic OH excluding ortho intramolecular Hbond substituents is 1. The van der Waals surface area contributed by atoms with Gasteiger partial charge in [0.25, 0.3) is 0 Å². The van der Waals surface area contributed by atoms with Crippen LogP contribution in [0.4, 0.5) is 0 Å². The summed E-state index contributed by atoms with van der Waals surface area (Å²) in [7, 11) is 0. The number of aliphatic carboxylic acids is 1. The van der Waals surface area contributed by atoms with Crippen molar-refractivity contribution in [1.82, 2.24) is 25.8 Å². The van der Waals surface area contributed by atoms with Crippen molar-refractivity contribution in [1.29, 1.82) is 0 Å². The number of carboxylic acid groups (broad SMARTS) is 1. The Hall–Kier alpha value is -4.98. The van der Waals surface area contributed by atoms with Gasteiger partial charge in [-0.25, -0.2) is 4.79 Å². The Bertz CT molecular complexity index is 1520. The van der Waals surface area contributed by atoms with E-state index in [0.29, 0.717) is 32.2 Å². The SMILES string of the molecule is CC(C)CC(NC(=O)C1CCCN1C(=O)CNC(=O)C(N)Cc1ccc(O)cc1)C(=O)NC(Cc1ccccc1)C(=O)N1CCCC1C(=O)O. The first-order valence-corrected chi connectivity index (χ1v) is 17.1. The smallest absolute Gasteiger partial charge is 0.326 e. The zero-order valence-electron chi connectivity index (χ0n) is 28.5. The average molecular weight is 693 g/mol. The van der Waals surface area contributed by atoms with E-state index in [2.05, 4.69) is 16.0 Å². The third kappa shape index (κ3) is 10.3. The molecule has 0 spiro atoms. The van der Waals surface area contributed by atoms with E-state index in [9.17, 15) is 39.0 Å². The van der Waals surface area contributed by atoms with Crippen molar-refractivity contribution >= 4 is 35.5 Å². The minimum absolute atomic E-state index is 0.0217. The van der Waals surface area contributed by atoms with Gasteiger partial charge in [-0.2, -0.15) is 0 Å². The highest BCUT2D eigenvalue weighted by Crippen LogP contribution is 2.21. The monoisotopic (exact) mass is 692 g/mol. The molecule has 0 aromatic heterocycles. The number of aromatic hydroxyl groups is 1. The number of carbonyl (C=O) groups is 6. The number of nitrogens with two attached hydrogens (primary N) is 1. The van der Waals surface area contributed by atoms with Gasteiger partial charge in [-0.3, -0.25) is 24.0 Å². The van der Waals surface area contributed by atoms with Gasteiger partial charge in [-0.1, -0.05) is 56.3 Å². The molecule has 0 saturated carbocycles. The minimum Gasteiger partial charge on any atom is -0.508 e. The Balaban J connectivity index is 1.40. The van der Waals surface area contributed by atoms with Crippen molar-refractivity contribution in [2.24, 2.45) is 11.7 Å². The number of nitrogens with zero attached hydrogens (tertiary/aromatic N) is 2. The molecule has 270 valence electrons. The van der Waals surface area contributed by atoms with Crippen molar-refractivity contribution in [2.45, 2.75) is 89.0 Å². The van der Waals surface area contributed by atoms with Crippen molar-refractivity contribution in [3.63, 3.8) is 0 Å². The number of likely N-dealkylation sites (tertiary alicyclic amines) is 2. The van der Waals surface area contributed by atoms with Gasteiger partial charge in [-0.05, 0) is 67.7 Å². The number of carbonyl (C=O) groups excluding carboxylic acids is 5. The summed E-state index contributed by atoms with van der Waals surface area (Å²) in [5.74, 6) is -3.65. The van der Waals surface area contributed by atoms with E-state index in [1.165, 1.54) is 21.9 Å². The molecule has 4 rings (SSSR count). The van der Waals surface area contributed by atoms with Crippen LogP contribution in [0.15, 0.2) is 54.6 Å². The number of hydrogen-bond acceptors (Lipinski definition) is 8. The van der Waals surface area contributed by atoms with Crippen molar-refractivity contribution < 1.29 is 39.0 Å². The molecule has 2 fully saturated rings. The second-order valence-corrected chi connectivity index (χ2v) is 13.4. The van der Waals surface area contributed by atoms with Crippen LogP contribution in [0, 0.1) is 5.92 Å². The molecule has 2 aromatic carbocycles. The lowest BCUT2D eigenvalue weighted by Gasteiger charge is -2.30. The summed E-state index contributed by atoms with van der Waals surface area (Å²) in [6, 6.07) is 10.5. The van der Waals surface area contributed by atoms with Crippen LogP contribution in [0.25, 0.3) is 0 Å². The molecule has 50 heavy (non-hydrogen) atoms. The molecule has 0 radical (unpaired) electrons. The summed E-state index contributed by atoms with van der Waals surface area (Å²) in [5.41, 5.74) is 7.54. The maximum absolute atomic E-state index is 13.8. The number of phenols is 1. The molecular weight excluding hydrogens is 644 g/mol. The first kappa shape index (κ1) is 37.8. The predicted octanol–water partition coefficient (Wildman–Crippen LogP) is 0.703. The van der Waals surface area contributed by atoms with E-state index in [1.54, 1.807) is 12.1 Å². The van der Waals surface area contributed by atoms with Crippen LogP contribution in [0.2, 0.25) is 0 Å². The fourth-order valence-electron chi connectivity index (χ4n) is 6.49. The third-order valence-corrected chi connectivity index (χ3v) is 9.08. The van der Waals surface area contributed by atoms with Crippen LogP contribution < -0.4 is 21.7 Å². The summed E-state index contributed by atoms with van der Waals surface area (Å²) in [5, 5.41) is 27.3. The molecule has 7 N–H and O–H groups in total. The lowest BCUT2D eigenvalue weighted by molar-refractivity contribution is -0.149. The van der Waals surface area contributed by atoms with E-state index in [-0.39, 0.29) is 44.0 Å². The molecule has 2 heterocycles. The summed E-state index contributed by atoms with van der Waals surface area (Å²) in [6.45, 7) is 3.97. The van der Waals surface area contributed by atoms with Crippen LogP contribution in [0.1, 0.15) is 57.1 Å². The van der Waals surface area contributed by atoms with E-state index >= 15 is 0 Å². The molecule has 5 atom stereocenters. The number of amides is 5. The van der Waals surface area contributed by atoms with E-state index in [1.807, 2.05) is 44.2 Å². The molecule has 14 nitrogen and oxygen atoms in total. The number of nitrogens with one attached hydrogen (secondary N) is 3. The molecule has 2 saturated heterocycles. The highest BCUT2D eigenvalue weighted by molar-refractivity contribution is 5.96. The average Bonchev–Trinajstić information content (AvgIpc) is 3.78. The Morgan fingerprint density at radius 3 is 2.06 bits per heavy atom. The Morgan fingerprint density at radius 2 is 1.42 bits per heavy atom. The molecular formula is C36H48N6O8. The van der Waals surface area contributed by atoms with Gasteiger partial charge in [0.05, 0.1) is 12.6 Å². The number of rotatable bonds is 15. The highest BCUT2D eigenvalue weighted by atomic mass is 16.4. The predicted molar refractivity (Wildman–Crippen MR) is 183 cm³/mol. The summed E-state index contributed by atoms with van der Waals surface area (Å²) in [6.07, 6.45) is 2.35. The standard InChI is InChI=1S/C36H48N6O8/c1-22(2)18-27(33(46)40-28(20-23-8-4-3-5-9-23)35(48)42-17-7-11-30(42)36(49)50)39-34(47)29-10-6-16-41(29)31(44)21-38-32(45)26(37)19-24-12-14-25(43)15-13-24/h3-5,8-9,12-15,22,26-30,43H,6-7,10-11,16-21,37H2,1-2H3,(H,38,45)(H,39,47)(H,40,46)(H,49,50). The number of benzene rings is 2. The van der Waals surface area contributed by atoms with Crippen molar-refractivity contribution in [3.05, 3.63) is 65.7 Å². The molecule has 5 amide bonds. The molecule has 0 aliphatic carbocycles. The van der Waals surface area contributed by atoms with Gasteiger partial charge in [-0.15, -0.1) is 0 Å². The quantitative estimate of drug-likeness (QED) is 0.155. The Morgan fingerprint density at radius 1 is 0.800 bits per heavy atom. The molecule has 0 bridgehead atoms. The lowest BCUT2D eigenvalue weighted by atomic mass is 10.00. The Labute approximate surface area is 291 Å². The topological polar surface area (TPSA) is 211 Å². The van der Waals surface area contributed by atoms with Crippen LogP contribution >= 0.6 is 0 Å².